The van der Waals surface area contributed by atoms with E-state index in [1.165, 1.54) is 173 Å². The van der Waals surface area contributed by atoms with Crippen molar-refractivity contribution in [2.45, 2.75) is 357 Å². The van der Waals surface area contributed by atoms with Crippen LogP contribution in [0.4, 0.5) is 0 Å². The number of carbonyl (C=O) groups excluding carboxylic acids is 1. The summed E-state index contributed by atoms with van der Waals surface area (Å²) >= 11 is 0. The van der Waals surface area contributed by atoms with Gasteiger partial charge in [0, 0.05) is 6.42 Å². The minimum Gasteiger partial charge on any atom is -0.394 e. The van der Waals surface area contributed by atoms with Crippen molar-refractivity contribution >= 4 is 5.91 Å². The molecule has 2 aliphatic heterocycles. The zero-order valence-corrected chi connectivity index (χ0v) is 55.4. The summed E-state index contributed by atoms with van der Waals surface area (Å²) in [5.41, 5.74) is 0. The predicted octanol–water partition coefficient (Wildman–Crippen LogP) is 14.8. The lowest BCUT2D eigenvalue weighted by atomic mass is 9.97. The van der Waals surface area contributed by atoms with Crippen LogP contribution in [-0.2, 0) is 23.7 Å². The van der Waals surface area contributed by atoms with Crippen LogP contribution in [0.25, 0.3) is 0 Å². The van der Waals surface area contributed by atoms with Crippen LogP contribution in [0.5, 0.6) is 0 Å². The van der Waals surface area contributed by atoms with E-state index < -0.39 is 86.8 Å². The second-order valence-corrected chi connectivity index (χ2v) is 25.0. The molecule has 2 heterocycles. The summed E-state index contributed by atoms with van der Waals surface area (Å²) < 4.78 is 22.8. The summed E-state index contributed by atoms with van der Waals surface area (Å²) in [7, 11) is 0. The van der Waals surface area contributed by atoms with Gasteiger partial charge in [-0.25, -0.2) is 0 Å². The number of rotatable bonds is 58. The van der Waals surface area contributed by atoms with Crippen LogP contribution in [-0.4, -0.2) is 140 Å². The number of unbranched alkanes of at least 4 members (excludes halogenated alkanes) is 33. The standard InChI is InChI=1S/C74H131NO13/c1-3-5-7-9-11-13-15-17-19-21-23-25-27-28-29-30-31-32-33-34-36-37-39-41-43-45-47-49-51-53-55-57-63(78)62(61-85-73-71(84)69(82)72(65(60-77)87-73)88-74-70(83)68(81)67(80)64(59-76)86-74)75-66(79)58-56-54-52-50-48-46-44-42-40-38-35-26-24-22-20-18-16-14-12-10-8-6-4-2/h6,8,12,14,18,20,24,26,39,41,47,49,55,57,62-65,67-74,76-78,80-84H,3-5,7,9-11,13,15-17,19,21-23,25,27-38,40,42-46,48,50-54,56,58-61H2,1-2H3,(H,75,79)/b8-6-,14-12-,20-18-,26-24-,41-39+,49-47+,57-55+. The molecule has 9 N–H and O–H groups in total. The van der Waals surface area contributed by atoms with Gasteiger partial charge >= 0.3 is 0 Å². The second kappa shape index (κ2) is 58.0. The zero-order valence-electron chi connectivity index (χ0n) is 55.4. The highest BCUT2D eigenvalue weighted by molar-refractivity contribution is 5.76. The summed E-state index contributed by atoms with van der Waals surface area (Å²) in [5, 5.41) is 87.4. The third-order valence-corrected chi connectivity index (χ3v) is 17.0. The molecule has 0 saturated carbocycles. The van der Waals surface area contributed by atoms with Gasteiger partial charge in [-0.05, 0) is 83.5 Å². The maximum atomic E-state index is 13.3. The van der Waals surface area contributed by atoms with Crippen LogP contribution in [0.1, 0.15) is 284 Å². The topological polar surface area (TPSA) is 228 Å². The SMILES string of the molecule is CC/C=C\C/C=C\C/C=C\C/C=C\CCCCCCCCCCCCC(=O)NC(COC1OC(CO)C(OC2OC(CO)C(O)C(O)C2O)C(O)C1O)C(O)/C=C/CC/C=C/CC/C=C/CCCCCCCCCCCCCCCCCCCCCCC. The lowest BCUT2D eigenvalue weighted by Gasteiger charge is -2.46. The third-order valence-electron chi connectivity index (χ3n) is 17.0. The van der Waals surface area contributed by atoms with E-state index in [2.05, 4.69) is 92.1 Å². The first-order chi connectivity index (χ1) is 43.1. The van der Waals surface area contributed by atoms with Crippen LogP contribution in [0.15, 0.2) is 85.1 Å². The molecule has 2 saturated heterocycles. The normalized spacial score (nSPS) is 23.7. The Hall–Kier alpha value is -2.83. The third kappa shape index (κ3) is 41.6. The molecular weight excluding hydrogens is 1110 g/mol. The van der Waals surface area contributed by atoms with Crippen molar-refractivity contribution in [1.82, 2.24) is 5.32 Å². The number of carbonyl (C=O) groups is 1. The molecule has 510 valence electrons. The van der Waals surface area contributed by atoms with E-state index in [9.17, 15) is 45.6 Å². The second-order valence-electron chi connectivity index (χ2n) is 25.0. The van der Waals surface area contributed by atoms with Gasteiger partial charge in [0.15, 0.2) is 12.6 Å². The molecule has 0 bridgehead atoms. The van der Waals surface area contributed by atoms with Crippen LogP contribution in [0.2, 0.25) is 0 Å². The van der Waals surface area contributed by atoms with E-state index in [1.54, 1.807) is 6.08 Å². The number of hydrogen-bond acceptors (Lipinski definition) is 13. The minimum absolute atomic E-state index is 0.259. The van der Waals surface area contributed by atoms with Crippen molar-refractivity contribution in [1.29, 1.82) is 0 Å². The van der Waals surface area contributed by atoms with E-state index in [1.807, 2.05) is 6.08 Å². The predicted molar refractivity (Wildman–Crippen MR) is 360 cm³/mol. The van der Waals surface area contributed by atoms with Crippen molar-refractivity contribution < 1.29 is 64.6 Å². The minimum atomic E-state index is -1.80. The molecule has 0 aromatic heterocycles. The van der Waals surface area contributed by atoms with Gasteiger partial charge in [0.25, 0.3) is 0 Å². The molecule has 0 aliphatic carbocycles. The molecule has 88 heavy (non-hydrogen) atoms. The number of amides is 1. The van der Waals surface area contributed by atoms with Crippen LogP contribution >= 0.6 is 0 Å². The summed E-state index contributed by atoms with van der Waals surface area (Å²) in [6.07, 6.45) is 63.6. The van der Waals surface area contributed by atoms with Gasteiger partial charge in [0.05, 0.1) is 32.0 Å². The fourth-order valence-electron chi connectivity index (χ4n) is 11.4. The van der Waals surface area contributed by atoms with E-state index in [0.717, 1.165) is 77.0 Å². The van der Waals surface area contributed by atoms with Gasteiger partial charge in [-0.2, -0.15) is 0 Å². The lowest BCUT2D eigenvalue weighted by molar-refractivity contribution is -0.359. The molecule has 0 radical (unpaired) electrons. The Kier molecular flexibility index (Phi) is 53.6. The first kappa shape index (κ1) is 81.3. The maximum absolute atomic E-state index is 13.3. The van der Waals surface area contributed by atoms with Crippen LogP contribution in [0.3, 0.4) is 0 Å². The first-order valence-electron chi connectivity index (χ1n) is 35.8. The van der Waals surface area contributed by atoms with E-state index in [0.29, 0.717) is 12.8 Å². The van der Waals surface area contributed by atoms with Crippen LogP contribution < -0.4 is 5.32 Å². The molecular formula is C74H131NO13. The van der Waals surface area contributed by atoms with Gasteiger partial charge in [0.2, 0.25) is 5.91 Å². The van der Waals surface area contributed by atoms with Gasteiger partial charge in [-0.3, -0.25) is 4.79 Å². The number of aliphatic hydroxyl groups excluding tert-OH is 8. The highest BCUT2D eigenvalue weighted by atomic mass is 16.7. The van der Waals surface area contributed by atoms with Gasteiger partial charge in [0.1, 0.15) is 48.8 Å². The molecule has 14 heteroatoms. The molecule has 0 aromatic carbocycles. The van der Waals surface area contributed by atoms with Crippen molar-refractivity contribution in [2.24, 2.45) is 0 Å². The molecule has 14 nitrogen and oxygen atoms in total. The molecule has 12 atom stereocenters. The maximum Gasteiger partial charge on any atom is 0.220 e. The highest BCUT2D eigenvalue weighted by Crippen LogP contribution is 2.30. The monoisotopic (exact) mass is 1240 g/mol. The number of nitrogens with one attached hydrogen (secondary N) is 1. The van der Waals surface area contributed by atoms with E-state index >= 15 is 0 Å². The van der Waals surface area contributed by atoms with Gasteiger partial charge < -0.3 is 65.1 Å². The number of ether oxygens (including phenoxy) is 4. The Labute approximate surface area is 535 Å². The van der Waals surface area contributed by atoms with E-state index in [4.69, 9.17) is 18.9 Å². The molecule has 2 fully saturated rings. The Bertz CT molecular complexity index is 1800. The lowest BCUT2D eigenvalue weighted by Crippen LogP contribution is -2.65. The van der Waals surface area contributed by atoms with Gasteiger partial charge in [-0.1, -0.05) is 279 Å². The molecule has 2 aliphatic rings. The van der Waals surface area contributed by atoms with Crippen LogP contribution in [0, 0.1) is 0 Å². The van der Waals surface area contributed by atoms with Crippen molar-refractivity contribution in [2.75, 3.05) is 19.8 Å². The average Bonchev–Trinajstić information content (AvgIpc) is 1.78. The summed E-state index contributed by atoms with van der Waals surface area (Å²) in [4.78, 5) is 13.3. The quantitative estimate of drug-likeness (QED) is 0.0204. The molecule has 0 aromatic rings. The summed E-state index contributed by atoms with van der Waals surface area (Å²) in [6, 6.07) is -0.947. The molecule has 2 rings (SSSR count). The fraction of sp³-hybridized carbons (Fsp3) is 0.797. The molecule has 12 unspecified atom stereocenters. The van der Waals surface area contributed by atoms with E-state index in [-0.39, 0.29) is 18.9 Å². The largest absolute Gasteiger partial charge is 0.394 e. The Morgan fingerprint density at radius 3 is 1.25 bits per heavy atom. The van der Waals surface area contributed by atoms with Crippen molar-refractivity contribution in [3.05, 3.63) is 85.1 Å². The Balaban J connectivity index is 1.70. The fourth-order valence-corrected chi connectivity index (χ4v) is 11.4. The number of aliphatic hydroxyl groups is 8. The van der Waals surface area contributed by atoms with Crippen molar-refractivity contribution in [3.8, 4) is 0 Å². The Morgan fingerprint density at radius 2 is 0.795 bits per heavy atom. The highest BCUT2D eigenvalue weighted by Gasteiger charge is 2.51. The summed E-state index contributed by atoms with van der Waals surface area (Å²) in [6.45, 7) is 2.68. The van der Waals surface area contributed by atoms with Crippen molar-refractivity contribution in [3.63, 3.8) is 0 Å². The summed E-state index contributed by atoms with van der Waals surface area (Å²) in [5.74, 6) is -0.259. The van der Waals surface area contributed by atoms with Gasteiger partial charge in [-0.15, -0.1) is 0 Å². The first-order valence-corrected chi connectivity index (χ1v) is 35.8. The number of hydrogen-bond donors (Lipinski definition) is 9. The molecule has 1 amide bonds. The zero-order chi connectivity index (χ0) is 63.8. The average molecular weight is 1240 g/mol. The number of allylic oxidation sites excluding steroid dienone is 13. The smallest absolute Gasteiger partial charge is 0.220 e. The Morgan fingerprint density at radius 1 is 0.420 bits per heavy atom. The molecule has 0 spiro atoms.